The lowest BCUT2D eigenvalue weighted by Gasteiger charge is -2.24. The molecule has 9 heteroatoms. The molecule has 7 rings (SSSR count). The van der Waals surface area contributed by atoms with E-state index in [1.165, 1.54) is 4.57 Å². The Kier molecular flexibility index (Phi) is 7.97. The molecule has 2 aromatic heterocycles. The Balaban J connectivity index is 1.25. The van der Waals surface area contributed by atoms with E-state index in [4.69, 9.17) is 4.74 Å². The smallest absolute Gasteiger partial charge is 0.333 e. The first-order valence-electron chi connectivity index (χ1n) is 15.7. The SMILES string of the molecule is O=C1OCC/C1=C\[C@H](C[C@@H]1CCNC1=O)NC(=O)[C@@H](Cc1ccccc1)n1ccc2cc(-c3cccc4ccccc34)[nH]c2c1=O. The van der Waals surface area contributed by atoms with Crippen molar-refractivity contribution in [2.75, 3.05) is 13.2 Å². The maximum absolute atomic E-state index is 14.2. The second kappa shape index (κ2) is 12.5. The molecule has 0 unspecified atom stereocenters. The van der Waals surface area contributed by atoms with E-state index >= 15 is 0 Å². The van der Waals surface area contributed by atoms with Gasteiger partial charge in [-0.15, -0.1) is 0 Å². The number of hydrogen-bond donors (Lipinski definition) is 3. The Morgan fingerprint density at radius 3 is 2.57 bits per heavy atom. The average Bonchev–Trinajstić information content (AvgIpc) is 3.81. The number of aromatic nitrogens is 2. The molecule has 232 valence electrons. The first-order chi connectivity index (χ1) is 22.4. The van der Waals surface area contributed by atoms with Crippen LogP contribution in [0.2, 0.25) is 0 Å². The third-order valence-corrected chi connectivity index (χ3v) is 9.00. The Bertz CT molecular complexity index is 2040. The Hall–Kier alpha value is -5.44. The highest BCUT2D eigenvalue weighted by Crippen LogP contribution is 2.30. The van der Waals surface area contributed by atoms with Crippen molar-refractivity contribution in [3.05, 3.63) is 119 Å². The van der Waals surface area contributed by atoms with Gasteiger partial charge in [-0.1, -0.05) is 78.9 Å². The second-order valence-corrected chi connectivity index (χ2v) is 12.0. The van der Waals surface area contributed by atoms with Crippen LogP contribution in [0.25, 0.3) is 32.9 Å². The van der Waals surface area contributed by atoms with Crippen molar-refractivity contribution in [2.45, 2.75) is 37.8 Å². The Morgan fingerprint density at radius 1 is 0.978 bits per heavy atom. The number of amides is 2. The highest BCUT2D eigenvalue weighted by Gasteiger charge is 2.31. The first-order valence-corrected chi connectivity index (χ1v) is 15.7. The normalized spacial score (nSPS) is 18.5. The minimum atomic E-state index is -0.891. The van der Waals surface area contributed by atoms with Gasteiger partial charge in [-0.3, -0.25) is 14.4 Å². The number of pyridine rings is 1. The topological polar surface area (TPSA) is 122 Å². The number of aromatic amines is 1. The molecule has 0 saturated carbocycles. The van der Waals surface area contributed by atoms with Gasteiger partial charge in [0.15, 0.2) is 0 Å². The number of cyclic esters (lactones) is 1. The zero-order chi connectivity index (χ0) is 31.6. The summed E-state index contributed by atoms with van der Waals surface area (Å²) in [6.45, 7) is 0.865. The van der Waals surface area contributed by atoms with E-state index in [0.29, 0.717) is 36.9 Å². The molecule has 0 spiro atoms. The van der Waals surface area contributed by atoms with Gasteiger partial charge in [-0.05, 0) is 41.3 Å². The van der Waals surface area contributed by atoms with E-state index < -0.39 is 18.1 Å². The van der Waals surface area contributed by atoms with Gasteiger partial charge in [0.25, 0.3) is 5.56 Å². The molecule has 2 saturated heterocycles. The fourth-order valence-electron chi connectivity index (χ4n) is 6.61. The first kappa shape index (κ1) is 29.3. The van der Waals surface area contributed by atoms with E-state index in [1.807, 2.05) is 66.7 Å². The quantitative estimate of drug-likeness (QED) is 0.162. The summed E-state index contributed by atoms with van der Waals surface area (Å²) >= 11 is 0. The van der Waals surface area contributed by atoms with Crippen LogP contribution in [0.1, 0.15) is 30.9 Å². The molecule has 4 heterocycles. The number of nitrogens with one attached hydrogen (secondary N) is 3. The summed E-state index contributed by atoms with van der Waals surface area (Å²) in [6, 6.07) is 26.1. The number of fused-ring (bicyclic) bond motifs is 2. The van der Waals surface area contributed by atoms with Crippen molar-refractivity contribution in [1.82, 2.24) is 20.2 Å². The summed E-state index contributed by atoms with van der Waals surface area (Å²) in [7, 11) is 0. The summed E-state index contributed by atoms with van der Waals surface area (Å²) in [4.78, 5) is 56.4. The van der Waals surface area contributed by atoms with E-state index in [-0.39, 0.29) is 36.3 Å². The molecule has 2 aliphatic rings. The molecule has 9 nitrogen and oxygen atoms in total. The summed E-state index contributed by atoms with van der Waals surface area (Å²) in [5.41, 5.74) is 3.26. The van der Waals surface area contributed by atoms with Crippen LogP contribution in [0.3, 0.4) is 0 Å². The monoisotopic (exact) mass is 614 g/mol. The van der Waals surface area contributed by atoms with Crippen LogP contribution in [-0.4, -0.2) is 46.5 Å². The molecule has 3 N–H and O–H groups in total. The molecule has 2 aliphatic heterocycles. The van der Waals surface area contributed by atoms with E-state index in [1.54, 1.807) is 12.3 Å². The number of ether oxygens (including phenoxy) is 1. The second-order valence-electron chi connectivity index (χ2n) is 12.0. The molecular formula is C37H34N4O5. The maximum Gasteiger partial charge on any atom is 0.333 e. The van der Waals surface area contributed by atoms with Crippen molar-refractivity contribution >= 4 is 39.5 Å². The molecule has 2 amide bonds. The minimum absolute atomic E-state index is 0.0668. The van der Waals surface area contributed by atoms with Crippen molar-refractivity contribution in [3.63, 3.8) is 0 Å². The fraction of sp³-hybridized carbons (Fsp3) is 0.243. The van der Waals surface area contributed by atoms with Gasteiger partial charge in [0.05, 0.1) is 6.61 Å². The van der Waals surface area contributed by atoms with E-state index in [9.17, 15) is 19.2 Å². The summed E-state index contributed by atoms with van der Waals surface area (Å²) in [6.07, 6.45) is 5.08. The molecule has 0 radical (unpaired) electrons. The summed E-state index contributed by atoms with van der Waals surface area (Å²) in [5.74, 6) is -1.15. The number of rotatable bonds is 9. The zero-order valence-corrected chi connectivity index (χ0v) is 25.2. The van der Waals surface area contributed by atoms with Crippen LogP contribution in [0.4, 0.5) is 0 Å². The fourth-order valence-corrected chi connectivity index (χ4v) is 6.61. The van der Waals surface area contributed by atoms with Gasteiger partial charge in [-0.25, -0.2) is 4.79 Å². The number of H-pyrrole nitrogens is 1. The molecular weight excluding hydrogens is 580 g/mol. The molecule has 2 fully saturated rings. The average molecular weight is 615 g/mol. The Labute approximate surface area is 265 Å². The van der Waals surface area contributed by atoms with E-state index in [0.717, 1.165) is 33.0 Å². The third-order valence-electron chi connectivity index (χ3n) is 9.00. The van der Waals surface area contributed by atoms with Crippen molar-refractivity contribution in [1.29, 1.82) is 0 Å². The van der Waals surface area contributed by atoms with Gasteiger partial charge in [0, 0.05) is 59.8 Å². The predicted molar refractivity (Wildman–Crippen MR) is 176 cm³/mol. The molecule has 0 aliphatic carbocycles. The number of nitrogens with zero attached hydrogens (tertiary/aromatic N) is 1. The lowest BCUT2D eigenvalue weighted by molar-refractivity contribution is -0.135. The standard InChI is InChI=1S/C37H34N4O5/c42-34-26(13-16-38-34)20-28(21-27-15-18-46-37(27)45)39-35(43)32(19-23-7-2-1-3-8-23)41-17-14-25-22-31(40-33(25)36(41)44)30-12-6-10-24-9-4-5-11-29(24)30/h1-12,14,17,21-22,26,28,32,40H,13,15-16,18-20H2,(H,38,42)(H,39,43)/b27-21+/t26-,28-,32+/m0/s1. The van der Waals surface area contributed by atoms with Crippen molar-refractivity contribution in [2.24, 2.45) is 5.92 Å². The van der Waals surface area contributed by atoms with Gasteiger partial charge in [0.1, 0.15) is 11.6 Å². The third kappa shape index (κ3) is 5.83. The lowest BCUT2D eigenvalue weighted by atomic mass is 9.95. The van der Waals surface area contributed by atoms with Gasteiger partial charge < -0.3 is 24.9 Å². The predicted octanol–water partition coefficient (Wildman–Crippen LogP) is 4.82. The number of carbonyl (C=O) groups is 3. The van der Waals surface area contributed by atoms with Crippen LogP contribution in [-0.2, 0) is 25.5 Å². The van der Waals surface area contributed by atoms with Crippen molar-refractivity contribution in [3.8, 4) is 11.3 Å². The lowest BCUT2D eigenvalue weighted by Crippen LogP contribution is -2.43. The van der Waals surface area contributed by atoms with Crippen LogP contribution < -0.4 is 16.2 Å². The van der Waals surface area contributed by atoms with Crippen molar-refractivity contribution < 1.29 is 19.1 Å². The molecule has 0 bridgehead atoms. The number of benzene rings is 3. The molecule has 3 aromatic carbocycles. The largest absolute Gasteiger partial charge is 0.462 e. The van der Waals surface area contributed by atoms with Crippen LogP contribution >= 0.6 is 0 Å². The highest BCUT2D eigenvalue weighted by atomic mass is 16.5. The number of hydrogen-bond acceptors (Lipinski definition) is 5. The summed E-state index contributed by atoms with van der Waals surface area (Å²) < 4.78 is 6.60. The number of esters is 1. The van der Waals surface area contributed by atoms with Gasteiger partial charge >= 0.3 is 5.97 Å². The van der Waals surface area contributed by atoms with Crippen LogP contribution in [0.5, 0.6) is 0 Å². The molecule has 5 aromatic rings. The summed E-state index contributed by atoms with van der Waals surface area (Å²) in [5, 5.41) is 8.85. The minimum Gasteiger partial charge on any atom is -0.462 e. The maximum atomic E-state index is 14.2. The van der Waals surface area contributed by atoms with Crippen LogP contribution in [0, 0.1) is 5.92 Å². The zero-order valence-electron chi connectivity index (χ0n) is 25.2. The van der Waals surface area contributed by atoms with E-state index in [2.05, 4.69) is 33.8 Å². The Morgan fingerprint density at radius 2 is 1.78 bits per heavy atom. The van der Waals surface area contributed by atoms with Gasteiger partial charge in [0.2, 0.25) is 11.8 Å². The van der Waals surface area contributed by atoms with Crippen LogP contribution in [0.15, 0.2) is 108 Å². The highest BCUT2D eigenvalue weighted by molar-refractivity contribution is 5.98. The molecule has 46 heavy (non-hydrogen) atoms. The number of carbonyl (C=O) groups excluding carboxylic acids is 3. The van der Waals surface area contributed by atoms with Gasteiger partial charge in [-0.2, -0.15) is 0 Å². The molecule has 3 atom stereocenters.